The van der Waals surface area contributed by atoms with Gasteiger partial charge in [-0.15, -0.1) is 0 Å². The first kappa shape index (κ1) is 23.5. The van der Waals surface area contributed by atoms with Crippen molar-refractivity contribution in [2.45, 2.75) is 36.3 Å². The van der Waals surface area contributed by atoms with Crippen molar-refractivity contribution in [2.75, 3.05) is 20.2 Å². The van der Waals surface area contributed by atoms with Gasteiger partial charge in [0.2, 0.25) is 0 Å². The molecule has 7 heteroatoms. The summed E-state index contributed by atoms with van der Waals surface area (Å²) in [6.07, 6.45) is 1.88. The lowest BCUT2D eigenvalue weighted by atomic mass is 10.0. The minimum absolute atomic E-state index is 0.00832. The molecule has 1 aromatic heterocycles. The van der Waals surface area contributed by atoms with E-state index >= 15 is 0 Å². The van der Waals surface area contributed by atoms with Gasteiger partial charge in [0.05, 0.1) is 18.1 Å². The van der Waals surface area contributed by atoms with Gasteiger partial charge in [0.15, 0.2) is 5.16 Å². The number of para-hydroxylation sites is 3. The second-order valence-electron chi connectivity index (χ2n) is 8.84. The lowest BCUT2D eigenvalue weighted by Crippen LogP contribution is -2.44. The Balaban J connectivity index is 1.16. The molecule has 5 rings (SSSR count). The van der Waals surface area contributed by atoms with E-state index in [4.69, 9.17) is 4.74 Å². The first-order valence-corrected chi connectivity index (χ1v) is 13.0. The number of carbonyl (C=O) groups is 1. The van der Waals surface area contributed by atoms with Gasteiger partial charge in [0.25, 0.3) is 5.91 Å². The number of methoxy groups -OCH3 is 1. The quantitative estimate of drug-likeness (QED) is 0.333. The summed E-state index contributed by atoms with van der Waals surface area (Å²) in [4.78, 5) is 23.6. The molecule has 1 aliphatic heterocycles. The largest absolute Gasteiger partial charge is 0.496 e. The monoisotopic (exact) mass is 486 g/mol. The molecule has 0 saturated carbocycles. The van der Waals surface area contributed by atoms with Gasteiger partial charge in [-0.3, -0.25) is 9.69 Å². The molecule has 1 amide bonds. The molecule has 0 radical (unpaired) electrons. The van der Waals surface area contributed by atoms with Gasteiger partial charge in [0, 0.05) is 42.6 Å². The number of likely N-dealkylation sites (tertiary alicyclic amines) is 1. The molecule has 1 fully saturated rings. The number of amides is 1. The second-order valence-corrected chi connectivity index (χ2v) is 9.80. The van der Waals surface area contributed by atoms with Crippen LogP contribution < -0.4 is 10.1 Å². The minimum atomic E-state index is 0.00832. The molecule has 0 unspecified atom stereocenters. The average Bonchev–Trinajstić information content (AvgIpc) is 3.32. The van der Waals surface area contributed by atoms with Crippen LogP contribution in [-0.2, 0) is 12.3 Å². The van der Waals surface area contributed by atoms with Crippen LogP contribution >= 0.6 is 11.8 Å². The van der Waals surface area contributed by atoms with E-state index in [0.717, 1.165) is 65.5 Å². The fourth-order valence-electron chi connectivity index (χ4n) is 4.58. The summed E-state index contributed by atoms with van der Waals surface area (Å²) in [5.41, 5.74) is 4.95. The molecule has 2 heterocycles. The Morgan fingerprint density at radius 2 is 1.74 bits per heavy atom. The number of rotatable bonds is 8. The maximum absolute atomic E-state index is 13.2. The Hall–Kier alpha value is -3.29. The van der Waals surface area contributed by atoms with Gasteiger partial charge >= 0.3 is 0 Å². The molecule has 0 aliphatic carbocycles. The zero-order valence-electron chi connectivity index (χ0n) is 19.9. The molecule has 1 saturated heterocycles. The molecule has 0 bridgehead atoms. The number of nitrogens with one attached hydrogen (secondary N) is 2. The minimum Gasteiger partial charge on any atom is -0.496 e. The molecule has 6 nitrogen and oxygen atoms in total. The van der Waals surface area contributed by atoms with Crippen LogP contribution in [-0.4, -0.2) is 47.0 Å². The van der Waals surface area contributed by atoms with Crippen molar-refractivity contribution in [3.05, 3.63) is 89.5 Å². The van der Waals surface area contributed by atoms with Crippen LogP contribution in [0.4, 0.5) is 0 Å². The SMILES string of the molecule is COc1ccccc1CN1CCC(NC(=O)c2ccccc2CSc2nc3ccccc3[nH]2)CC1. The molecule has 3 aromatic carbocycles. The van der Waals surface area contributed by atoms with Gasteiger partial charge in [-0.05, 0) is 42.7 Å². The Kier molecular flexibility index (Phi) is 7.35. The van der Waals surface area contributed by atoms with Crippen molar-refractivity contribution in [2.24, 2.45) is 0 Å². The summed E-state index contributed by atoms with van der Waals surface area (Å²) in [5.74, 6) is 1.62. The molecule has 1 aliphatic rings. The number of aromatic nitrogens is 2. The standard InChI is InChI=1S/C28H30N4O2S/c1-34-26-13-7-3-8-20(26)18-32-16-14-22(15-17-32)29-27(33)23-10-4-2-9-21(23)19-35-28-30-24-11-5-6-12-25(24)31-28/h2-13,22H,14-19H2,1H3,(H,29,33)(H,30,31). The third kappa shape index (κ3) is 5.69. The fraction of sp³-hybridized carbons (Fsp3) is 0.286. The zero-order valence-corrected chi connectivity index (χ0v) is 20.7. The highest BCUT2D eigenvalue weighted by molar-refractivity contribution is 7.98. The third-order valence-electron chi connectivity index (χ3n) is 6.50. The number of aromatic amines is 1. The van der Waals surface area contributed by atoms with Crippen LogP contribution in [0, 0.1) is 0 Å². The summed E-state index contributed by atoms with van der Waals surface area (Å²) in [7, 11) is 1.72. The third-order valence-corrected chi connectivity index (χ3v) is 7.43. The maximum atomic E-state index is 13.2. The predicted molar refractivity (Wildman–Crippen MR) is 141 cm³/mol. The van der Waals surface area contributed by atoms with Gasteiger partial charge in [0.1, 0.15) is 5.75 Å². The summed E-state index contributed by atoms with van der Waals surface area (Å²) in [6, 6.07) is 24.2. The number of hydrogen-bond donors (Lipinski definition) is 2. The highest BCUT2D eigenvalue weighted by Crippen LogP contribution is 2.25. The molecule has 0 atom stereocenters. The number of ether oxygens (including phenoxy) is 1. The molecular formula is C28H30N4O2S. The van der Waals surface area contributed by atoms with Crippen molar-refractivity contribution in [1.82, 2.24) is 20.2 Å². The normalized spacial score (nSPS) is 14.8. The number of imidazole rings is 1. The molecule has 180 valence electrons. The zero-order chi connectivity index (χ0) is 24.0. The lowest BCUT2D eigenvalue weighted by Gasteiger charge is -2.32. The number of thioether (sulfide) groups is 1. The van der Waals surface area contributed by atoms with Crippen LogP contribution in [0.2, 0.25) is 0 Å². The highest BCUT2D eigenvalue weighted by Gasteiger charge is 2.23. The van der Waals surface area contributed by atoms with Crippen LogP contribution in [0.3, 0.4) is 0 Å². The van der Waals surface area contributed by atoms with E-state index in [-0.39, 0.29) is 11.9 Å². The lowest BCUT2D eigenvalue weighted by molar-refractivity contribution is 0.0908. The van der Waals surface area contributed by atoms with E-state index in [1.54, 1.807) is 18.9 Å². The van der Waals surface area contributed by atoms with E-state index in [9.17, 15) is 4.79 Å². The fourth-order valence-corrected chi connectivity index (χ4v) is 5.47. The van der Waals surface area contributed by atoms with E-state index in [2.05, 4.69) is 32.3 Å². The summed E-state index contributed by atoms with van der Waals surface area (Å²) in [6.45, 7) is 2.77. The van der Waals surface area contributed by atoms with E-state index in [1.807, 2.05) is 60.7 Å². The first-order chi connectivity index (χ1) is 17.2. The number of nitrogens with zero attached hydrogens (tertiary/aromatic N) is 2. The highest BCUT2D eigenvalue weighted by atomic mass is 32.2. The van der Waals surface area contributed by atoms with Crippen LogP contribution in [0.1, 0.15) is 34.3 Å². The van der Waals surface area contributed by atoms with Crippen LogP contribution in [0.5, 0.6) is 5.75 Å². The average molecular weight is 487 g/mol. The Bertz CT molecular complexity index is 1260. The summed E-state index contributed by atoms with van der Waals surface area (Å²) in [5, 5.41) is 4.14. The predicted octanol–water partition coefficient (Wildman–Crippen LogP) is 5.26. The Morgan fingerprint density at radius 3 is 2.54 bits per heavy atom. The molecular weight excluding hydrogens is 456 g/mol. The number of piperidine rings is 1. The van der Waals surface area contributed by atoms with Gasteiger partial charge in [-0.1, -0.05) is 60.3 Å². The topological polar surface area (TPSA) is 70.2 Å². The number of H-pyrrole nitrogens is 1. The molecule has 2 N–H and O–H groups in total. The summed E-state index contributed by atoms with van der Waals surface area (Å²) >= 11 is 1.62. The molecule has 0 spiro atoms. The van der Waals surface area contributed by atoms with Crippen LogP contribution in [0.25, 0.3) is 11.0 Å². The summed E-state index contributed by atoms with van der Waals surface area (Å²) < 4.78 is 5.49. The van der Waals surface area contributed by atoms with E-state index < -0.39 is 0 Å². The second kappa shape index (κ2) is 11.0. The van der Waals surface area contributed by atoms with E-state index in [1.165, 1.54) is 5.56 Å². The number of hydrogen-bond acceptors (Lipinski definition) is 5. The van der Waals surface area contributed by atoms with Crippen molar-refractivity contribution < 1.29 is 9.53 Å². The van der Waals surface area contributed by atoms with Crippen molar-refractivity contribution in [1.29, 1.82) is 0 Å². The molecule has 4 aromatic rings. The van der Waals surface area contributed by atoms with Gasteiger partial charge in [-0.2, -0.15) is 0 Å². The van der Waals surface area contributed by atoms with Gasteiger partial charge < -0.3 is 15.0 Å². The van der Waals surface area contributed by atoms with Crippen molar-refractivity contribution >= 4 is 28.7 Å². The maximum Gasteiger partial charge on any atom is 0.251 e. The number of carbonyl (C=O) groups excluding carboxylic acids is 1. The Labute approximate surface area is 210 Å². The van der Waals surface area contributed by atoms with Crippen molar-refractivity contribution in [3.63, 3.8) is 0 Å². The van der Waals surface area contributed by atoms with Crippen LogP contribution in [0.15, 0.2) is 78.0 Å². The van der Waals surface area contributed by atoms with Gasteiger partial charge in [-0.25, -0.2) is 4.98 Å². The smallest absolute Gasteiger partial charge is 0.251 e. The van der Waals surface area contributed by atoms with E-state index in [0.29, 0.717) is 5.75 Å². The Morgan fingerprint density at radius 1 is 1.03 bits per heavy atom. The number of benzene rings is 3. The first-order valence-electron chi connectivity index (χ1n) is 12.0. The number of fused-ring (bicyclic) bond motifs is 1. The molecule has 35 heavy (non-hydrogen) atoms. The van der Waals surface area contributed by atoms with Crippen molar-refractivity contribution in [3.8, 4) is 5.75 Å².